The van der Waals surface area contributed by atoms with Crippen LogP contribution in [0.25, 0.3) is 0 Å². The maximum atomic E-state index is 10.2. The molecule has 0 amide bonds. The van der Waals surface area contributed by atoms with Crippen LogP contribution in [0.4, 0.5) is 0 Å². The number of aliphatic hydroxyl groups is 1. The number of nitrogens with one attached hydrogen (secondary N) is 1. The molecule has 0 aromatic carbocycles. The highest BCUT2D eigenvalue weighted by Crippen LogP contribution is 2.22. The molecule has 0 radical (unpaired) electrons. The molecule has 0 bridgehead atoms. The number of thiophene rings is 1. The largest absolute Gasteiger partial charge is 0.384 e. The van der Waals surface area contributed by atoms with Crippen LogP contribution in [0.2, 0.25) is 0 Å². The van der Waals surface area contributed by atoms with Gasteiger partial charge in [-0.05, 0) is 50.1 Å². The second kappa shape index (κ2) is 4.01. The normalized spacial score (nSPS) is 16.6. The van der Waals surface area contributed by atoms with Crippen molar-refractivity contribution in [3.05, 3.63) is 22.4 Å². The molecular formula is C11H19NOS. The van der Waals surface area contributed by atoms with Crippen LogP contribution in [-0.2, 0) is 5.60 Å². The van der Waals surface area contributed by atoms with Gasteiger partial charge in [0, 0.05) is 12.1 Å². The fourth-order valence-electron chi connectivity index (χ4n) is 1.11. The monoisotopic (exact) mass is 213 g/mol. The highest BCUT2D eigenvalue weighted by molar-refractivity contribution is 7.08. The Morgan fingerprint density at radius 2 is 2.00 bits per heavy atom. The minimum Gasteiger partial charge on any atom is -0.384 e. The van der Waals surface area contributed by atoms with Crippen molar-refractivity contribution in [1.29, 1.82) is 0 Å². The van der Waals surface area contributed by atoms with Crippen LogP contribution in [-0.4, -0.2) is 17.2 Å². The molecule has 14 heavy (non-hydrogen) atoms. The molecule has 1 heterocycles. The van der Waals surface area contributed by atoms with Crippen LogP contribution < -0.4 is 5.32 Å². The van der Waals surface area contributed by atoms with E-state index in [1.54, 1.807) is 11.3 Å². The smallest absolute Gasteiger partial charge is 0.1000 e. The second-order valence-corrected chi connectivity index (χ2v) is 5.67. The van der Waals surface area contributed by atoms with Crippen LogP contribution in [0.15, 0.2) is 16.8 Å². The first-order valence-electron chi connectivity index (χ1n) is 4.81. The lowest BCUT2D eigenvalue weighted by Crippen LogP contribution is -2.44. The van der Waals surface area contributed by atoms with E-state index >= 15 is 0 Å². The van der Waals surface area contributed by atoms with Crippen molar-refractivity contribution in [3.63, 3.8) is 0 Å². The second-order valence-electron chi connectivity index (χ2n) is 4.89. The number of rotatable bonds is 3. The van der Waals surface area contributed by atoms with E-state index in [1.807, 2.05) is 23.8 Å². The Hall–Kier alpha value is -0.380. The Balaban J connectivity index is 2.59. The van der Waals surface area contributed by atoms with E-state index in [0.717, 1.165) is 5.56 Å². The van der Waals surface area contributed by atoms with Crippen LogP contribution in [0.5, 0.6) is 0 Å². The lowest BCUT2D eigenvalue weighted by Gasteiger charge is -2.29. The summed E-state index contributed by atoms with van der Waals surface area (Å²) < 4.78 is 0. The third-order valence-electron chi connectivity index (χ3n) is 2.11. The summed E-state index contributed by atoms with van der Waals surface area (Å²) in [7, 11) is 0. The molecule has 0 saturated heterocycles. The first kappa shape index (κ1) is 11.7. The van der Waals surface area contributed by atoms with Gasteiger partial charge in [0.25, 0.3) is 0 Å². The summed E-state index contributed by atoms with van der Waals surface area (Å²) in [5, 5.41) is 17.5. The lowest BCUT2D eigenvalue weighted by molar-refractivity contribution is 0.0506. The summed E-state index contributed by atoms with van der Waals surface area (Å²) in [4.78, 5) is 0. The third kappa shape index (κ3) is 3.40. The Labute approximate surface area is 90.0 Å². The van der Waals surface area contributed by atoms with Gasteiger partial charge in [-0.25, -0.2) is 0 Å². The predicted molar refractivity (Wildman–Crippen MR) is 61.6 cm³/mol. The van der Waals surface area contributed by atoms with E-state index in [4.69, 9.17) is 0 Å². The van der Waals surface area contributed by atoms with Gasteiger partial charge in [-0.1, -0.05) is 0 Å². The van der Waals surface area contributed by atoms with E-state index < -0.39 is 5.60 Å². The van der Waals surface area contributed by atoms with Crippen LogP contribution in [0.3, 0.4) is 0 Å². The van der Waals surface area contributed by atoms with Crippen molar-refractivity contribution in [1.82, 2.24) is 5.32 Å². The average molecular weight is 213 g/mol. The Kier molecular flexibility index (Phi) is 3.35. The molecule has 2 nitrogen and oxygen atoms in total. The van der Waals surface area contributed by atoms with Gasteiger partial charge in [0.1, 0.15) is 0 Å². The highest BCUT2D eigenvalue weighted by Gasteiger charge is 2.25. The molecule has 1 unspecified atom stereocenters. The Bertz CT molecular complexity index is 272. The van der Waals surface area contributed by atoms with Crippen LogP contribution >= 0.6 is 11.3 Å². The fraction of sp³-hybridized carbons (Fsp3) is 0.636. The van der Waals surface area contributed by atoms with E-state index in [9.17, 15) is 5.11 Å². The highest BCUT2D eigenvalue weighted by atomic mass is 32.1. The van der Waals surface area contributed by atoms with Crippen LogP contribution in [0.1, 0.15) is 33.3 Å². The zero-order valence-electron chi connectivity index (χ0n) is 9.29. The first-order chi connectivity index (χ1) is 6.31. The molecule has 0 aliphatic rings. The number of hydrogen-bond donors (Lipinski definition) is 2. The molecule has 1 aromatic heterocycles. The molecule has 2 N–H and O–H groups in total. The number of hydrogen-bond acceptors (Lipinski definition) is 3. The summed E-state index contributed by atoms with van der Waals surface area (Å²) in [5.74, 6) is 0. The van der Waals surface area contributed by atoms with Crippen molar-refractivity contribution >= 4 is 11.3 Å². The van der Waals surface area contributed by atoms with Gasteiger partial charge in [0.15, 0.2) is 0 Å². The van der Waals surface area contributed by atoms with Gasteiger partial charge in [0.2, 0.25) is 0 Å². The molecule has 3 heteroatoms. The minimum atomic E-state index is -0.771. The summed E-state index contributed by atoms with van der Waals surface area (Å²) in [6.07, 6.45) is 0. The van der Waals surface area contributed by atoms with Gasteiger partial charge in [-0.3, -0.25) is 0 Å². The SMILES string of the molecule is CC(C)(C)NCC(C)(O)c1ccsc1. The lowest BCUT2D eigenvalue weighted by atomic mass is 9.97. The molecule has 0 aliphatic heterocycles. The van der Waals surface area contributed by atoms with Gasteiger partial charge >= 0.3 is 0 Å². The van der Waals surface area contributed by atoms with Crippen molar-refractivity contribution in [3.8, 4) is 0 Å². The fourth-order valence-corrected chi connectivity index (χ4v) is 1.89. The third-order valence-corrected chi connectivity index (χ3v) is 2.79. The quantitative estimate of drug-likeness (QED) is 0.808. The molecule has 1 rings (SSSR count). The van der Waals surface area contributed by atoms with E-state index in [1.165, 1.54) is 0 Å². The summed E-state index contributed by atoms with van der Waals surface area (Å²) in [6, 6.07) is 1.97. The van der Waals surface area contributed by atoms with E-state index in [-0.39, 0.29) is 5.54 Å². The number of β-amino-alcohol motifs (C(OH)–C–C–N with tert-alkyl or cyclic N) is 1. The molecule has 0 fully saturated rings. The first-order valence-corrected chi connectivity index (χ1v) is 5.76. The molecule has 0 saturated carbocycles. The zero-order valence-corrected chi connectivity index (χ0v) is 10.1. The van der Waals surface area contributed by atoms with Crippen molar-refractivity contribution < 1.29 is 5.11 Å². The Morgan fingerprint density at radius 3 is 2.43 bits per heavy atom. The Morgan fingerprint density at radius 1 is 1.36 bits per heavy atom. The summed E-state index contributed by atoms with van der Waals surface area (Å²) in [5.41, 5.74) is 0.257. The topological polar surface area (TPSA) is 32.3 Å². The van der Waals surface area contributed by atoms with Gasteiger partial charge in [-0.2, -0.15) is 11.3 Å². The molecule has 1 atom stereocenters. The van der Waals surface area contributed by atoms with Crippen molar-refractivity contribution in [2.75, 3.05) is 6.54 Å². The van der Waals surface area contributed by atoms with Crippen LogP contribution in [0, 0.1) is 0 Å². The van der Waals surface area contributed by atoms with E-state index in [2.05, 4.69) is 26.1 Å². The maximum absolute atomic E-state index is 10.2. The predicted octanol–water partition coefficient (Wildman–Crippen LogP) is 2.34. The molecular weight excluding hydrogens is 194 g/mol. The van der Waals surface area contributed by atoms with Gasteiger partial charge < -0.3 is 10.4 Å². The minimum absolute atomic E-state index is 0.0417. The van der Waals surface area contributed by atoms with Crippen molar-refractivity contribution in [2.24, 2.45) is 0 Å². The summed E-state index contributed by atoms with van der Waals surface area (Å²) in [6.45, 7) is 8.70. The molecule has 80 valence electrons. The van der Waals surface area contributed by atoms with Gasteiger partial charge in [-0.15, -0.1) is 0 Å². The zero-order chi connectivity index (χ0) is 10.8. The average Bonchev–Trinajstić information content (AvgIpc) is 2.52. The standard InChI is InChI=1S/C11H19NOS/c1-10(2,3)12-8-11(4,13)9-5-6-14-7-9/h5-7,12-13H,8H2,1-4H3. The molecule has 1 aromatic rings. The molecule has 0 spiro atoms. The maximum Gasteiger partial charge on any atom is 0.1000 e. The van der Waals surface area contributed by atoms with Crippen molar-refractivity contribution in [2.45, 2.75) is 38.8 Å². The summed E-state index contributed by atoms with van der Waals surface area (Å²) >= 11 is 1.61. The van der Waals surface area contributed by atoms with E-state index in [0.29, 0.717) is 6.54 Å². The molecule has 0 aliphatic carbocycles. The van der Waals surface area contributed by atoms with Gasteiger partial charge in [0.05, 0.1) is 5.60 Å².